The molecule has 2 heterocycles. The Hall–Kier alpha value is -2.12. The van der Waals surface area contributed by atoms with E-state index in [1.807, 2.05) is 29.8 Å². The van der Waals surface area contributed by atoms with Crippen molar-refractivity contribution in [3.05, 3.63) is 59.5 Å². The average molecular weight is 330 g/mol. The Morgan fingerprint density at radius 3 is 2.78 bits per heavy atom. The fraction of sp³-hybridized carbons (Fsp3) is 0.312. The molecule has 0 aliphatic rings. The van der Waals surface area contributed by atoms with Crippen LogP contribution in [-0.2, 0) is 32.2 Å². The van der Waals surface area contributed by atoms with Crippen LogP contribution in [0.4, 0.5) is 0 Å². The number of hydrogen-bond donors (Lipinski definition) is 1. The van der Waals surface area contributed by atoms with Gasteiger partial charge in [0, 0.05) is 13.5 Å². The van der Waals surface area contributed by atoms with Crippen molar-refractivity contribution in [2.75, 3.05) is 0 Å². The number of benzene rings is 1. The van der Waals surface area contributed by atoms with Gasteiger partial charge in [0.25, 0.3) is 0 Å². The van der Waals surface area contributed by atoms with Crippen LogP contribution in [0.1, 0.15) is 23.0 Å². The molecular formula is C16H18N4O2S. The van der Waals surface area contributed by atoms with E-state index in [-0.39, 0.29) is 6.61 Å². The van der Waals surface area contributed by atoms with Crippen LogP contribution in [0.2, 0.25) is 0 Å². The molecule has 1 N–H and O–H groups in total. The monoisotopic (exact) mass is 330 g/mol. The molecule has 0 unspecified atom stereocenters. The van der Waals surface area contributed by atoms with Crippen LogP contribution in [0.15, 0.2) is 46.2 Å². The summed E-state index contributed by atoms with van der Waals surface area (Å²) >= 11 is 1.51. The van der Waals surface area contributed by atoms with Gasteiger partial charge in [-0.1, -0.05) is 47.3 Å². The Kier molecular flexibility index (Phi) is 5.09. The predicted molar refractivity (Wildman–Crippen MR) is 86.8 cm³/mol. The summed E-state index contributed by atoms with van der Waals surface area (Å²) < 4.78 is 7.14. The van der Waals surface area contributed by atoms with Crippen molar-refractivity contribution in [2.24, 2.45) is 7.05 Å². The first-order valence-electron chi connectivity index (χ1n) is 7.36. The maximum Gasteiger partial charge on any atom is 0.237 e. The van der Waals surface area contributed by atoms with Gasteiger partial charge in [-0.05, 0) is 12.0 Å². The van der Waals surface area contributed by atoms with E-state index in [1.54, 1.807) is 6.20 Å². The summed E-state index contributed by atoms with van der Waals surface area (Å²) in [5.41, 5.74) is 2.04. The molecule has 0 spiro atoms. The van der Waals surface area contributed by atoms with Crippen molar-refractivity contribution >= 4 is 11.8 Å². The number of nitrogens with zero attached hydrogens (tertiary/aromatic N) is 4. The van der Waals surface area contributed by atoms with E-state index in [0.717, 1.165) is 29.5 Å². The molecule has 23 heavy (non-hydrogen) atoms. The standard InChI is InChI=1S/C16H18N4O2S/c1-20-13(10-21)9-17-16(20)23-11-15-18-14(19-22-15)8-7-12-5-3-2-4-6-12/h2-6,9,21H,7-8,10-11H2,1H3. The van der Waals surface area contributed by atoms with E-state index in [2.05, 4.69) is 27.3 Å². The van der Waals surface area contributed by atoms with Gasteiger partial charge in [0.1, 0.15) is 0 Å². The van der Waals surface area contributed by atoms with Crippen molar-refractivity contribution in [3.8, 4) is 0 Å². The topological polar surface area (TPSA) is 77.0 Å². The van der Waals surface area contributed by atoms with Crippen molar-refractivity contribution in [1.82, 2.24) is 19.7 Å². The average Bonchev–Trinajstić information content (AvgIpc) is 3.18. The highest BCUT2D eigenvalue weighted by Gasteiger charge is 2.11. The Balaban J connectivity index is 1.54. The number of thioether (sulfide) groups is 1. The molecule has 3 aromatic rings. The maximum absolute atomic E-state index is 9.16. The first-order chi connectivity index (χ1) is 11.3. The number of hydrogen-bond acceptors (Lipinski definition) is 6. The molecule has 7 heteroatoms. The minimum atomic E-state index is -0.0196. The highest BCUT2D eigenvalue weighted by molar-refractivity contribution is 7.98. The van der Waals surface area contributed by atoms with Gasteiger partial charge < -0.3 is 14.2 Å². The highest BCUT2D eigenvalue weighted by Crippen LogP contribution is 2.21. The second-order valence-corrected chi connectivity index (χ2v) is 6.07. The molecule has 3 rings (SSSR count). The normalized spacial score (nSPS) is 11.0. The molecule has 0 fully saturated rings. The Morgan fingerprint density at radius 1 is 1.22 bits per heavy atom. The van der Waals surface area contributed by atoms with E-state index in [0.29, 0.717) is 11.6 Å². The molecule has 2 aromatic heterocycles. The zero-order chi connectivity index (χ0) is 16.1. The van der Waals surface area contributed by atoms with Gasteiger partial charge in [-0.3, -0.25) is 0 Å². The van der Waals surface area contributed by atoms with Gasteiger partial charge in [-0.25, -0.2) is 4.98 Å². The number of imidazole rings is 1. The minimum Gasteiger partial charge on any atom is -0.390 e. The lowest BCUT2D eigenvalue weighted by molar-refractivity contribution is 0.271. The lowest BCUT2D eigenvalue weighted by atomic mass is 10.1. The number of aromatic nitrogens is 4. The highest BCUT2D eigenvalue weighted by atomic mass is 32.2. The number of aryl methyl sites for hydroxylation is 2. The van der Waals surface area contributed by atoms with Gasteiger partial charge >= 0.3 is 0 Å². The van der Waals surface area contributed by atoms with Gasteiger partial charge in [0.05, 0.1) is 24.3 Å². The van der Waals surface area contributed by atoms with Gasteiger partial charge in [-0.15, -0.1) is 0 Å². The van der Waals surface area contributed by atoms with Crippen molar-refractivity contribution in [1.29, 1.82) is 0 Å². The molecule has 6 nitrogen and oxygen atoms in total. The van der Waals surface area contributed by atoms with Crippen LogP contribution >= 0.6 is 11.8 Å². The van der Waals surface area contributed by atoms with Crippen molar-refractivity contribution in [2.45, 2.75) is 30.4 Å². The van der Waals surface area contributed by atoms with E-state index >= 15 is 0 Å². The van der Waals surface area contributed by atoms with Crippen molar-refractivity contribution < 1.29 is 9.63 Å². The van der Waals surface area contributed by atoms with E-state index in [9.17, 15) is 0 Å². The summed E-state index contributed by atoms with van der Waals surface area (Å²) in [5, 5.41) is 14.0. The summed E-state index contributed by atoms with van der Waals surface area (Å²) in [6.45, 7) is -0.0196. The van der Waals surface area contributed by atoms with Crippen LogP contribution in [0.5, 0.6) is 0 Å². The lowest BCUT2D eigenvalue weighted by Crippen LogP contribution is -1.97. The van der Waals surface area contributed by atoms with Crippen LogP contribution in [-0.4, -0.2) is 24.8 Å². The third kappa shape index (κ3) is 4.00. The van der Waals surface area contributed by atoms with E-state index in [1.165, 1.54) is 17.3 Å². The molecule has 0 aliphatic heterocycles. The third-order valence-electron chi connectivity index (χ3n) is 3.52. The zero-order valence-corrected chi connectivity index (χ0v) is 13.7. The summed E-state index contributed by atoms with van der Waals surface area (Å²) in [7, 11) is 1.87. The summed E-state index contributed by atoms with van der Waals surface area (Å²) in [4.78, 5) is 8.67. The van der Waals surface area contributed by atoms with E-state index < -0.39 is 0 Å². The van der Waals surface area contributed by atoms with E-state index in [4.69, 9.17) is 9.63 Å². The summed E-state index contributed by atoms with van der Waals surface area (Å²) in [5.74, 6) is 1.88. The van der Waals surface area contributed by atoms with Gasteiger partial charge in [-0.2, -0.15) is 4.98 Å². The molecule has 0 amide bonds. The SMILES string of the molecule is Cn1c(CO)cnc1SCc1nc(CCc2ccccc2)no1. The number of aliphatic hydroxyl groups is 1. The minimum absolute atomic E-state index is 0.0196. The van der Waals surface area contributed by atoms with Crippen molar-refractivity contribution in [3.63, 3.8) is 0 Å². The second-order valence-electron chi connectivity index (χ2n) is 5.13. The predicted octanol–water partition coefficient (Wildman–Crippen LogP) is 2.37. The Morgan fingerprint density at radius 2 is 2.04 bits per heavy atom. The fourth-order valence-electron chi connectivity index (χ4n) is 2.18. The van der Waals surface area contributed by atoms with Crippen LogP contribution in [0.3, 0.4) is 0 Å². The summed E-state index contributed by atoms with van der Waals surface area (Å²) in [6, 6.07) is 10.3. The van der Waals surface area contributed by atoms with Crippen LogP contribution in [0, 0.1) is 0 Å². The zero-order valence-electron chi connectivity index (χ0n) is 12.8. The molecule has 1 aromatic carbocycles. The van der Waals surface area contributed by atoms with Crippen LogP contribution < -0.4 is 0 Å². The van der Waals surface area contributed by atoms with Gasteiger partial charge in [0.2, 0.25) is 5.89 Å². The Bertz CT molecular complexity index is 755. The largest absolute Gasteiger partial charge is 0.390 e. The second kappa shape index (κ2) is 7.43. The molecule has 0 radical (unpaired) electrons. The Labute approximate surface area is 138 Å². The molecule has 120 valence electrons. The first kappa shape index (κ1) is 15.8. The quantitative estimate of drug-likeness (QED) is 0.670. The lowest BCUT2D eigenvalue weighted by Gasteiger charge is -2.01. The molecule has 0 saturated carbocycles. The molecule has 0 bridgehead atoms. The molecule has 0 saturated heterocycles. The van der Waals surface area contributed by atoms with Gasteiger partial charge in [0.15, 0.2) is 11.0 Å². The molecule has 0 aliphatic carbocycles. The fourth-order valence-corrected chi connectivity index (χ4v) is 2.99. The van der Waals surface area contributed by atoms with Crippen LogP contribution in [0.25, 0.3) is 0 Å². The molecular weight excluding hydrogens is 312 g/mol. The maximum atomic E-state index is 9.16. The summed E-state index contributed by atoms with van der Waals surface area (Å²) in [6.07, 6.45) is 3.32. The third-order valence-corrected chi connectivity index (χ3v) is 4.55. The number of aliphatic hydroxyl groups excluding tert-OH is 1. The molecule has 0 atom stereocenters. The first-order valence-corrected chi connectivity index (χ1v) is 8.34. The number of rotatable bonds is 7. The smallest absolute Gasteiger partial charge is 0.237 e.